The van der Waals surface area contributed by atoms with Gasteiger partial charge in [-0.25, -0.2) is 0 Å². The van der Waals surface area contributed by atoms with Gasteiger partial charge in [0.2, 0.25) is 0 Å². The molecule has 1 atom stereocenters. The highest BCUT2D eigenvalue weighted by Crippen LogP contribution is 2.18. The predicted molar refractivity (Wildman–Crippen MR) is 72.5 cm³/mol. The maximum Gasteiger partial charge on any atom is 0.270 e. The summed E-state index contributed by atoms with van der Waals surface area (Å²) in [5, 5.41) is 9.69. The van der Waals surface area contributed by atoms with Gasteiger partial charge in [-0.15, -0.1) is 0 Å². The highest BCUT2D eigenvalue weighted by molar-refractivity contribution is 6.31. The van der Waals surface area contributed by atoms with Gasteiger partial charge in [0.1, 0.15) is 5.69 Å². The average Bonchev–Trinajstić information content (AvgIpc) is 2.79. The molecule has 0 radical (unpaired) electrons. The van der Waals surface area contributed by atoms with Crippen molar-refractivity contribution in [2.75, 3.05) is 26.3 Å². The lowest BCUT2D eigenvalue weighted by Gasteiger charge is -2.32. The molecule has 1 aromatic heterocycles. The van der Waals surface area contributed by atoms with Crippen molar-refractivity contribution in [2.24, 2.45) is 0 Å². The summed E-state index contributed by atoms with van der Waals surface area (Å²) in [4.78, 5) is 14.2. The van der Waals surface area contributed by atoms with Crippen molar-refractivity contribution in [1.29, 1.82) is 0 Å². The largest absolute Gasteiger partial charge is 0.394 e. The van der Waals surface area contributed by atoms with Crippen molar-refractivity contribution in [3.05, 3.63) is 23.0 Å². The molecular formula is C13H19ClN2O3. The molecule has 0 aromatic carbocycles. The van der Waals surface area contributed by atoms with Crippen LogP contribution < -0.4 is 0 Å². The summed E-state index contributed by atoms with van der Waals surface area (Å²) in [6, 6.07) is 1.70. The van der Waals surface area contributed by atoms with Crippen LogP contribution in [0.3, 0.4) is 0 Å². The number of aliphatic hydroxyl groups is 1. The molecule has 1 unspecified atom stereocenters. The molecule has 0 aliphatic carbocycles. The third kappa shape index (κ3) is 3.29. The number of hydrogen-bond donors (Lipinski definition) is 1. The van der Waals surface area contributed by atoms with Crippen LogP contribution in [0, 0.1) is 0 Å². The summed E-state index contributed by atoms with van der Waals surface area (Å²) >= 11 is 5.98. The number of carbonyl (C=O) groups is 1. The zero-order valence-electron chi connectivity index (χ0n) is 11.0. The van der Waals surface area contributed by atoms with Crippen LogP contribution in [0.15, 0.2) is 12.3 Å². The van der Waals surface area contributed by atoms with Crippen LogP contribution in [-0.2, 0) is 11.3 Å². The van der Waals surface area contributed by atoms with Crippen molar-refractivity contribution in [1.82, 2.24) is 9.47 Å². The van der Waals surface area contributed by atoms with Crippen molar-refractivity contribution in [3.63, 3.8) is 0 Å². The van der Waals surface area contributed by atoms with Gasteiger partial charge in [0.25, 0.3) is 5.91 Å². The molecule has 1 saturated heterocycles. The monoisotopic (exact) mass is 286 g/mol. The number of aliphatic hydroxyl groups excluding tert-OH is 1. The molecule has 1 aromatic rings. The van der Waals surface area contributed by atoms with E-state index in [1.165, 1.54) is 0 Å². The highest BCUT2D eigenvalue weighted by atomic mass is 35.5. The summed E-state index contributed by atoms with van der Waals surface area (Å²) in [5.41, 5.74) is 0.602. The standard InChI is InChI=1S/C13H19ClN2O3/c1-2-3-15-7-10(14)6-12(15)13(18)16-4-5-19-11(8-16)9-17/h6-7,11,17H,2-5,8-9H2,1H3. The molecular weight excluding hydrogens is 268 g/mol. The topological polar surface area (TPSA) is 54.7 Å². The lowest BCUT2D eigenvalue weighted by Crippen LogP contribution is -2.47. The Morgan fingerprint density at radius 1 is 1.63 bits per heavy atom. The maximum absolute atomic E-state index is 12.5. The first-order chi connectivity index (χ1) is 9.15. The summed E-state index contributed by atoms with van der Waals surface area (Å²) in [6.07, 6.45) is 2.43. The molecule has 0 bridgehead atoms. The molecule has 1 amide bonds. The minimum atomic E-state index is -0.289. The van der Waals surface area contributed by atoms with Gasteiger partial charge in [-0.3, -0.25) is 4.79 Å². The summed E-state index contributed by atoms with van der Waals surface area (Å²) in [6.45, 7) is 4.18. The average molecular weight is 287 g/mol. The fraction of sp³-hybridized carbons (Fsp3) is 0.615. The van der Waals surface area contributed by atoms with Crippen LogP contribution in [0.25, 0.3) is 0 Å². The van der Waals surface area contributed by atoms with E-state index in [-0.39, 0.29) is 18.6 Å². The molecule has 0 spiro atoms. The second-order valence-corrected chi connectivity index (χ2v) is 5.10. The zero-order chi connectivity index (χ0) is 13.8. The number of carbonyl (C=O) groups excluding carboxylic acids is 1. The van der Waals surface area contributed by atoms with E-state index in [0.717, 1.165) is 13.0 Å². The minimum absolute atomic E-state index is 0.0536. The van der Waals surface area contributed by atoms with Gasteiger partial charge in [-0.2, -0.15) is 0 Å². The van der Waals surface area contributed by atoms with Gasteiger partial charge in [-0.1, -0.05) is 18.5 Å². The number of aryl methyl sites for hydroxylation is 1. The van der Waals surface area contributed by atoms with Gasteiger partial charge < -0.3 is 19.3 Å². The molecule has 1 aliphatic rings. The van der Waals surface area contributed by atoms with Crippen molar-refractivity contribution in [3.8, 4) is 0 Å². The summed E-state index contributed by atoms with van der Waals surface area (Å²) in [7, 11) is 0. The SMILES string of the molecule is CCCn1cc(Cl)cc1C(=O)N1CCOC(CO)C1. The summed E-state index contributed by atoms with van der Waals surface area (Å²) in [5.74, 6) is -0.0536. The first kappa shape index (κ1) is 14.4. The molecule has 6 heteroatoms. The molecule has 106 valence electrons. The number of halogens is 1. The Morgan fingerprint density at radius 2 is 2.42 bits per heavy atom. The number of rotatable bonds is 4. The second kappa shape index (κ2) is 6.41. The third-order valence-electron chi connectivity index (χ3n) is 3.18. The van der Waals surface area contributed by atoms with Crippen LogP contribution in [0.1, 0.15) is 23.8 Å². The quantitative estimate of drug-likeness (QED) is 0.910. The molecule has 2 heterocycles. The zero-order valence-corrected chi connectivity index (χ0v) is 11.8. The van der Waals surface area contributed by atoms with E-state index in [2.05, 4.69) is 6.92 Å². The van der Waals surface area contributed by atoms with E-state index >= 15 is 0 Å². The Bertz CT molecular complexity index is 447. The lowest BCUT2D eigenvalue weighted by molar-refractivity contribution is -0.0449. The number of amides is 1. The second-order valence-electron chi connectivity index (χ2n) is 4.66. The third-order valence-corrected chi connectivity index (χ3v) is 3.38. The fourth-order valence-electron chi connectivity index (χ4n) is 2.26. The molecule has 0 saturated carbocycles. The molecule has 1 fully saturated rings. The van der Waals surface area contributed by atoms with Gasteiger partial charge >= 0.3 is 0 Å². The van der Waals surface area contributed by atoms with Crippen LogP contribution >= 0.6 is 11.6 Å². The Kier molecular flexibility index (Phi) is 4.85. The van der Waals surface area contributed by atoms with E-state index in [1.54, 1.807) is 17.2 Å². The van der Waals surface area contributed by atoms with Crippen molar-refractivity contribution < 1.29 is 14.6 Å². The molecule has 1 N–H and O–H groups in total. The molecule has 1 aliphatic heterocycles. The molecule has 2 rings (SSSR count). The van der Waals surface area contributed by atoms with Gasteiger partial charge in [0.05, 0.1) is 24.3 Å². The van der Waals surface area contributed by atoms with Crippen LogP contribution in [0.5, 0.6) is 0 Å². The Balaban J connectivity index is 2.14. The predicted octanol–water partition coefficient (Wildman–Crippen LogP) is 1.38. The minimum Gasteiger partial charge on any atom is -0.394 e. The van der Waals surface area contributed by atoms with Crippen LogP contribution in [0.2, 0.25) is 5.02 Å². The van der Waals surface area contributed by atoms with Gasteiger partial charge in [0.15, 0.2) is 0 Å². The lowest BCUT2D eigenvalue weighted by atomic mass is 10.2. The fourth-order valence-corrected chi connectivity index (χ4v) is 2.48. The highest BCUT2D eigenvalue weighted by Gasteiger charge is 2.26. The van der Waals surface area contributed by atoms with Crippen molar-refractivity contribution in [2.45, 2.75) is 26.0 Å². The number of morpholine rings is 1. The first-order valence-electron chi connectivity index (χ1n) is 6.53. The maximum atomic E-state index is 12.5. The van der Waals surface area contributed by atoms with E-state index in [4.69, 9.17) is 21.4 Å². The van der Waals surface area contributed by atoms with Crippen LogP contribution in [-0.4, -0.2) is 52.9 Å². The Hall–Kier alpha value is -1.04. The smallest absolute Gasteiger partial charge is 0.270 e. The van der Waals surface area contributed by atoms with Gasteiger partial charge in [-0.05, 0) is 12.5 Å². The van der Waals surface area contributed by atoms with E-state index in [0.29, 0.717) is 30.4 Å². The summed E-state index contributed by atoms with van der Waals surface area (Å²) < 4.78 is 7.23. The van der Waals surface area contributed by atoms with E-state index in [1.807, 2.05) is 4.57 Å². The van der Waals surface area contributed by atoms with E-state index in [9.17, 15) is 4.79 Å². The first-order valence-corrected chi connectivity index (χ1v) is 6.91. The number of nitrogens with zero attached hydrogens (tertiary/aromatic N) is 2. The number of ether oxygens (including phenoxy) is 1. The number of hydrogen-bond acceptors (Lipinski definition) is 3. The van der Waals surface area contributed by atoms with E-state index < -0.39 is 0 Å². The Morgan fingerprint density at radius 3 is 3.11 bits per heavy atom. The van der Waals surface area contributed by atoms with Crippen LogP contribution in [0.4, 0.5) is 0 Å². The normalized spacial score (nSPS) is 19.7. The number of aromatic nitrogens is 1. The van der Waals surface area contributed by atoms with Crippen molar-refractivity contribution >= 4 is 17.5 Å². The molecule has 19 heavy (non-hydrogen) atoms. The molecule has 5 nitrogen and oxygen atoms in total. The Labute approximate surface area is 117 Å². The van der Waals surface area contributed by atoms with Gasteiger partial charge in [0, 0.05) is 25.8 Å².